The summed E-state index contributed by atoms with van der Waals surface area (Å²) >= 11 is 0. The van der Waals surface area contributed by atoms with Crippen molar-refractivity contribution in [2.24, 2.45) is 0 Å². The number of aromatic nitrogens is 2. The van der Waals surface area contributed by atoms with Gasteiger partial charge >= 0.3 is 0 Å². The molecular weight excluding hydrogens is 240 g/mol. The van der Waals surface area contributed by atoms with Gasteiger partial charge < -0.3 is 15.4 Å². The fraction of sp³-hybridized carbons (Fsp3) is 0.714. The van der Waals surface area contributed by atoms with Crippen LogP contribution in [0.15, 0.2) is 6.33 Å². The molecule has 2 N–H and O–H groups in total. The lowest BCUT2D eigenvalue weighted by Gasteiger charge is -2.16. The van der Waals surface area contributed by atoms with Gasteiger partial charge in [0.15, 0.2) is 0 Å². The molecule has 1 rings (SSSR count). The number of rotatable bonds is 9. The molecule has 0 aromatic carbocycles. The molecule has 0 aliphatic carbocycles. The molecule has 0 amide bonds. The van der Waals surface area contributed by atoms with Gasteiger partial charge in [-0.2, -0.15) is 0 Å². The molecule has 0 atom stereocenters. The smallest absolute Gasteiger partial charge is 0.134 e. The van der Waals surface area contributed by atoms with Crippen LogP contribution in [-0.2, 0) is 4.74 Å². The van der Waals surface area contributed by atoms with Crippen LogP contribution in [0, 0.1) is 0 Å². The van der Waals surface area contributed by atoms with Crippen LogP contribution in [0.2, 0.25) is 0 Å². The highest BCUT2D eigenvalue weighted by Gasteiger charge is 2.13. The van der Waals surface area contributed by atoms with Gasteiger partial charge in [-0.05, 0) is 18.8 Å². The molecule has 0 saturated heterocycles. The lowest BCUT2D eigenvalue weighted by atomic mass is 10.0. The van der Waals surface area contributed by atoms with E-state index in [-0.39, 0.29) is 0 Å². The first-order chi connectivity index (χ1) is 9.20. The molecule has 0 unspecified atom stereocenters. The number of ether oxygens (including phenoxy) is 1. The Morgan fingerprint density at radius 3 is 2.58 bits per heavy atom. The van der Waals surface area contributed by atoms with Crippen molar-refractivity contribution in [1.29, 1.82) is 0 Å². The van der Waals surface area contributed by atoms with Crippen molar-refractivity contribution in [3.8, 4) is 0 Å². The third-order valence-electron chi connectivity index (χ3n) is 2.80. The van der Waals surface area contributed by atoms with E-state index in [9.17, 15) is 0 Å². The largest absolute Gasteiger partial charge is 0.381 e. The van der Waals surface area contributed by atoms with Gasteiger partial charge in [0.05, 0.1) is 0 Å². The molecule has 5 nitrogen and oxygen atoms in total. The SMILES string of the molecule is CCCOCCCNc1ncnc(NC)c1C(C)C. The molecule has 1 heterocycles. The zero-order valence-corrected chi connectivity index (χ0v) is 12.5. The van der Waals surface area contributed by atoms with Gasteiger partial charge in [-0.1, -0.05) is 20.8 Å². The van der Waals surface area contributed by atoms with Crippen LogP contribution in [0.25, 0.3) is 0 Å². The average Bonchev–Trinajstić information content (AvgIpc) is 2.42. The van der Waals surface area contributed by atoms with Crippen molar-refractivity contribution in [2.45, 2.75) is 39.5 Å². The normalized spacial score (nSPS) is 10.8. The Hall–Kier alpha value is -1.36. The number of hydrogen-bond acceptors (Lipinski definition) is 5. The van der Waals surface area contributed by atoms with Gasteiger partial charge in [0.2, 0.25) is 0 Å². The summed E-state index contributed by atoms with van der Waals surface area (Å²) in [7, 11) is 1.89. The first-order valence-corrected chi connectivity index (χ1v) is 7.04. The van der Waals surface area contributed by atoms with Crippen molar-refractivity contribution in [3.63, 3.8) is 0 Å². The first-order valence-electron chi connectivity index (χ1n) is 7.04. The fourth-order valence-corrected chi connectivity index (χ4v) is 1.91. The molecule has 0 spiro atoms. The zero-order chi connectivity index (χ0) is 14.1. The molecule has 5 heteroatoms. The van der Waals surface area contributed by atoms with Crippen LogP contribution in [0.1, 0.15) is 45.1 Å². The van der Waals surface area contributed by atoms with E-state index in [4.69, 9.17) is 4.74 Å². The van der Waals surface area contributed by atoms with Gasteiger partial charge in [0.1, 0.15) is 18.0 Å². The maximum Gasteiger partial charge on any atom is 0.134 e. The van der Waals surface area contributed by atoms with Gasteiger partial charge in [-0.3, -0.25) is 0 Å². The third kappa shape index (κ3) is 5.03. The molecular formula is C14H26N4O. The van der Waals surface area contributed by atoms with E-state index in [1.165, 1.54) is 0 Å². The molecule has 19 heavy (non-hydrogen) atoms. The summed E-state index contributed by atoms with van der Waals surface area (Å²) in [6.07, 6.45) is 3.65. The summed E-state index contributed by atoms with van der Waals surface area (Å²) < 4.78 is 5.46. The van der Waals surface area contributed by atoms with Crippen LogP contribution < -0.4 is 10.6 Å². The van der Waals surface area contributed by atoms with Crippen LogP contribution in [-0.4, -0.2) is 36.8 Å². The van der Waals surface area contributed by atoms with Gasteiger partial charge in [-0.15, -0.1) is 0 Å². The number of nitrogens with zero attached hydrogens (tertiary/aromatic N) is 2. The number of hydrogen-bond donors (Lipinski definition) is 2. The minimum Gasteiger partial charge on any atom is -0.381 e. The Bertz CT molecular complexity index is 368. The van der Waals surface area contributed by atoms with E-state index in [0.717, 1.165) is 49.8 Å². The highest BCUT2D eigenvalue weighted by atomic mass is 16.5. The molecule has 108 valence electrons. The summed E-state index contributed by atoms with van der Waals surface area (Å²) in [5.41, 5.74) is 1.14. The molecule has 0 bridgehead atoms. The summed E-state index contributed by atoms with van der Waals surface area (Å²) in [6.45, 7) is 8.91. The minimum absolute atomic E-state index is 0.377. The van der Waals surface area contributed by atoms with Gasteiger partial charge in [-0.25, -0.2) is 9.97 Å². The summed E-state index contributed by atoms with van der Waals surface area (Å²) in [5, 5.41) is 6.49. The molecule has 0 aliphatic rings. The number of anilines is 2. The highest BCUT2D eigenvalue weighted by molar-refractivity contribution is 5.58. The molecule has 1 aromatic heterocycles. The Kier molecular flexibility index (Phi) is 7.18. The van der Waals surface area contributed by atoms with Gasteiger partial charge in [0.25, 0.3) is 0 Å². The number of nitrogens with one attached hydrogen (secondary N) is 2. The lowest BCUT2D eigenvalue weighted by Crippen LogP contribution is -2.12. The average molecular weight is 266 g/mol. The quantitative estimate of drug-likeness (QED) is 0.673. The summed E-state index contributed by atoms with van der Waals surface area (Å²) in [4.78, 5) is 8.60. The van der Waals surface area contributed by atoms with Crippen molar-refractivity contribution in [2.75, 3.05) is 37.4 Å². The second-order valence-electron chi connectivity index (χ2n) is 4.78. The van der Waals surface area contributed by atoms with Crippen LogP contribution in [0.4, 0.5) is 11.6 Å². The maximum absolute atomic E-state index is 5.46. The highest BCUT2D eigenvalue weighted by Crippen LogP contribution is 2.27. The Labute approximate surface area is 116 Å². The molecule has 0 radical (unpaired) electrons. The lowest BCUT2D eigenvalue weighted by molar-refractivity contribution is 0.134. The summed E-state index contributed by atoms with van der Waals surface area (Å²) in [5.74, 6) is 2.20. The van der Waals surface area contributed by atoms with E-state index < -0.39 is 0 Å². The fourth-order valence-electron chi connectivity index (χ4n) is 1.91. The molecule has 0 saturated carbocycles. The third-order valence-corrected chi connectivity index (χ3v) is 2.80. The Balaban J connectivity index is 2.53. The van der Waals surface area contributed by atoms with E-state index in [0.29, 0.717) is 5.92 Å². The van der Waals surface area contributed by atoms with Gasteiger partial charge in [0, 0.05) is 32.4 Å². The van der Waals surface area contributed by atoms with E-state index >= 15 is 0 Å². The van der Waals surface area contributed by atoms with E-state index in [1.54, 1.807) is 6.33 Å². The van der Waals surface area contributed by atoms with Crippen LogP contribution in [0.5, 0.6) is 0 Å². The van der Waals surface area contributed by atoms with Crippen molar-refractivity contribution < 1.29 is 4.74 Å². The van der Waals surface area contributed by atoms with E-state index in [1.807, 2.05) is 7.05 Å². The molecule has 0 fully saturated rings. The molecule has 0 aliphatic heterocycles. The van der Waals surface area contributed by atoms with E-state index in [2.05, 4.69) is 41.4 Å². The first kappa shape index (κ1) is 15.7. The van der Waals surface area contributed by atoms with Crippen molar-refractivity contribution in [1.82, 2.24) is 9.97 Å². The zero-order valence-electron chi connectivity index (χ0n) is 12.5. The molecule has 1 aromatic rings. The van der Waals surface area contributed by atoms with Crippen molar-refractivity contribution in [3.05, 3.63) is 11.9 Å². The standard InChI is InChI=1S/C14H26N4O/c1-5-8-19-9-6-7-16-14-12(11(2)3)13(15-4)17-10-18-14/h10-11H,5-9H2,1-4H3,(H2,15,16,17,18). The minimum atomic E-state index is 0.377. The van der Waals surface area contributed by atoms with Crippen LogP contribution in [0.3, 0.4) is 0 Å². The topological polar surface area (TPSA) is 59.1 Å². The maximum atomic E-state index is 5.46. The second kappa shape index (κ2) is 8.69. The Morgan fingerprint density at radius 2 is 1.95 bits per heavy atom. The summed E-state index contributed by atoms with van der Waals surface area (Å²) in [6, 6.07) is 0. The predicted molar refractivity (Wildman–Crippen MR) is 79.9 cm³/mol. The monoisotopic (exact) mass is 266 g/mol. The second-order valence-corrected chi connectivity index (χ2v) is 4.78. The Morgan fingerprint density at radius 1 is 1.21 bits per heavy atom. The predicted octanol–water partition coefficient (Wildman–Crippen LogP) is 2.87. The van der Waals surface area contributed by atoms with Crippen molar-refractivity contribution >= 4 is 11.6 Å². The van der Waals surface area contributed by atoms with Crippen LogP contribution >= 0.6 is 0 Å².